The maximum Gasteiger partial charge on any atom is 0.416 e. The lowest BCUT2D eigenvalue weighted by atomic mass is 9.98. The average molecular weight is 583 g/mol. The molecule has 9 nitrogen and oxygen atoms in total. The van der Waals surface area contributed by atoms with E-state index in [-0.39, 0.29) is 24.7 Å². The standard InChI is InChI=1S/C27H31ClF3N5O4/c1-15(32)35(13-17-3-6-19(28)7-4-17)25(33)23-12-20(40-16(2)37)14-36(23)26(38)34-22-9-10-39-24-11-18(27(29,30)31)5-8-21(22)24/h3-8,11,20,22-23,25,32H,9-10,12-14,33H2,1-2H3,(H,34,38)/p+1/t20?,22?,23-,25?/m1/s1. The Hall–Kier alpha value is -3.51. The third-order valence-corrected chi connectivity index (χ3v) is 7.37. The van der Waals surface area contributed by atoms with E-state index in [0.29, 0.717) is 30.0 Å². The zero-order valence-electron chi connectivity index (χ0n) is 22.1. The highest BCUT2D eigenvalue weighted by atomic mass is 35.5. The summed E-state index contributed by atoms with van der Waals surface area (Å²) in [6, 6.07) is 8.85. The van der Waals surface area contributed by atoms with Gasteiger partial charge in [-0.3, -0.25) is 10.2 Å². The zero-order chi connectivity index (χ0) is 29.2. The molecule has 2 aliphatic heterocycles. The van der Waals surface area contributed by atoms with Gasteiger partial charge in [0.1, 0.15) is 17.9 Å². The lowest BCUT2D eigenvalue weighted by Gasteiger charge is -2.36. The predicted molar refractivity (Wildman–Crippen MR) is 141 cm³/mol. The minimum absolute atomic E-state index is 0.0748. The van der Waals surface area contributed by atoms with Crippen molar-refractivity contribution in [3.63, 3.8) is 0 Å². The molecule has 216 valence electrons. The molecule has 3 unspecified atom stereocenters. The Kier molecular flexibility index (Phi) is 8.79. The number of quaternary nitrogens is 1. The number of hydrogen-bond donors (Lipinski definition) is 3. The van der Waals surface area contributed by atoms with Crippen molar-refractivity contribution in [1.82, 2.24) is 15.1 Å². The lowest BCUT2D eigenvalue weighted by Crippen LogP contribution is -2.76. The molecule has 40 heavy (non-hydrogen) atoms. The number of fused-ring (bicyclic) bond motifs is 1. The van der Waals surface area contributed by atoms with Crippen molar-refractivity contribution in [3.05, 3.63) is 64.2 Å². The summed E-state index contributed by atoms with van der Waals surface area (Å²) in [6.45, 7) is 3.52. The molecule has 2 amide bonds. The number of amides is 2. The molecule has 5 N–H and O–H groups in total. The Bertz CT molecular complexity index is 1260. The van der Waals surface area contributed by atoms with Crippen LogP contribution in [0.4, 0.5) is 18.0 Å². The van der Waals surface area contributed by atoms with Crippen LogP contribution >= 0.6 is 11.6 Å². The fraction of sp³-hybridized carbons (Fsp3) is 0.444. The van der Waals surface area contributed by atoms with Gasteiger partial charge in [0.15, 0.2) is 6.17 Å². The molecule has 4 rings (SSSR count). The highest BCUT2D eigenvalue weighted by molar-refractivity contribution is 6.30. The number of nitrogens with one attached hydrogen (secondary N) is 2. The second-order valence-corrected chi connectivity index (χ2v) is 10.4. The lowest BCUT2D eigenvalue weighted by molar-refractivity contribution is -0.460. The molecular weight excluding hydrogens is 551 g/mol. The van der Waals surface area contributed by atoms with Crippen LogP contribution in [0.5, 0.6) is 5.75 Å². The number of rotatable bonds is 6. The summed E-state index contributed by atoms with van der Waals surface area (Å²) in [4.78, 5) is 28.6. The number of likely N-dealkylation sites (tertiary alicyclic amines) is 1. The van der Waals surface area contributed by atoms with Gasteiger partial charge in [0, 0.05) is 36.9 Å². The number of carbonyl (C=O) groups excluding carboxylic acids is 2. The minimum Gasteiger partial charge on any atom is -0.493 e. The zero-order valence-corrected chi connectivity index (χ0v) is 22.9. The number of esters is 1. The third-order valence-electron chi connectivity index (χ3n) is 7.12. The highest BCUT2D eigenvalue weighted by Gasteiger charge is 2.45. The van der Waals surface area contributed by atoms with E-state index < -0.39 is 48.1 Å². The van der Waals surface area contributed by atoms with E-state index in [2.05, 4.69) is 11.1 Å². The fourth-order valence-corrected chi connectivity index (χ4v) is 5.30. The summed E-state index contributed by atoms with van der Waals surface area (Å²) in [5, 5.41) is 11.9. The summed E-state index contributed by atoms with van der Waals surface area (Å²) in [5.74, 6) is -0.164. The molecule has 0 saturated carbocycles. The first-order valence-electron chi connectivity index (χ1n) is 12.8. The van der Waals surface area contributed by atoms with Crippen LogP contribution in [0.15, 0.2) is 42.5 Å². The summed E-state index contributed by atoms with van der Waals surface area (Å²) in [6.07, 6.45) is -4.98. The van der Waals surface area contributed by atoms with Gasteiger partial charge in [-0.25, -0.2) is 4.79 Å². The van der Waals surface area contributed by atoms with E-state index in [0.717, 1.165) is 17.7 Å². The molecule has 1 fully saturated rings. The number of benzene rings is 2. The number of halogens is 4. The molecule has 13 heteroatoms. The summed E-state index contributed by atoms with van der Waals surface area (Å²) in [5.41, 5.74) is 4.80. The Morgan fingerprint density at radius 1 is 1.25 bits per heavy atom. The Morgan fingerprint density at radius 3 is 2.58 bits per heavy atom. The Labute approximate surface area is 234 Å². The first-order chi connectivity index (χ1) is 18.8. The fourth-order valence-electron chi connectivity index (χ4n) is 5.17. The van der Waals surface area contributed by atoms with Gasteiger partial charge >= 0.3 is 18.2 Å². The van der Waals surface area contributed by atoms with Gasteiger partial charge in [-0.15, -0.1) is 0 Å². The highest BCUT2D eigenvalue weighted by Crippen LogP contribution is 2.38. The molecular formula is C27H32ClF3N5O4+. The number of hydrogen-bond acceptors (Lipinski definition) is 5. The summed E-state index contributed by atoms with van der Waals surface area (Å²) >= 11 is 6.01. The van der Waals surface area contributed by atoms with Crippen molar-refractivity contribution in [2.24, 2.45) is 0 Å². The first-order valence-corrected chi connectivity index (χ1v) is 13.2. The first kappa shape index (κ1) is 29.5. The predicted octanol–water partition coefficient (Wildman–Crippen LogP) is 3.97. The van der Waals surface area contributed by atoms with Gasteiger partial charge < -0.3 is 30.3 Å². The number of ether oxygens (including phenoxy) is 2. The van der Waals surface area contributed by atoms with E-state index in [4.69, 9.17) is 26.5 Å². The molecule has 0 bridgehead atoms. The SMILES string of the molecule is CC(=N)N(Cc1ccc(Cl)cc1)C([NH3+])[C@H]1CC(OC(C)=O)CN1C(=O)NC1CCOc2cc(C(F)(F)F)ccc21. The molecule has 2 aromatic carbocycles. The molecule has 2 aromatic rings. The van der Waals surface area contributed by atoms with Crippen LogP contribution in [-0.2, 0) is 22.3 Å². The van der Waals surface area contributed by atoms with Crippen LogP contribution in [0.25, 0.3) is 0 Å². The van der Waals surface area contributed by atoms with Gasteiger partial charge in [-0.2, -0.15) is 13.2 Å². The summed E-state index contributed by atoms with van der Waals surface area (Å²) < 4.78 is 50.5. The molecule has 0 spiro atoms. The van der Waals surface area contributed by atoms with Crippen molar-refractivity contribution in [3.8, 4) is 5.75 Å². The van der Waals surface area contributed by atoms with Crippen LogP contribution < -0.4 is 15.8 Å². The van der Waals surface area contributed by atoms with Crippen molar-refractivity contribution >= 4 is 29.4 Å². The average Bonchev–Trinajstić information content (AvgIpc) is 3.30. The van der Waals surface area contributed by atoms with Crippen LogP contribution in [-0.4, -0.2) is 59.1 Å². The van der Waals surface area contributed by atoms with E-state index in [1.807, 2.05) is 12.1 Å². The van der Waals surface area contributed by atoms with Crippen molar-refractivity contribution in [2.75, 3.05) is 13.2 Å². The molecule has 1 saturated heterocycles. The van der Waals surface area contributed by atoms with E-state index in [9.17, 15) is 22.8 Å². The second kappa shape index (κ2) is 11.9. The van der Waals surface area contributed by atoms with E-state index in [1.54, 1.807) is 24.0 Å². The van der Waals surface area contributed by atoms with E-state index >= 15 is 0 Å². The number of carbonyl (C=O) groups is 2. The van der Waals surface area contributed by atoms with Crippen LogP contribution in [0.3, 0.4) is 0 Å². The van der Waals surface area contributed by atoms with Gasteiger partial charge in [-0.05, 0) is 36.8 Å². The molecule has 2 heterocycles. The van der Waals surface area contributed by atoms with Gasteiger partial charge in [0.05, 0.1) is 30.6 Å². The molecule has 4 atom stereocenters. The van der Waals surface area contributed by atoms with Crippen molar-refractivity contribution in [2.45, 2.75) is 63.8 Å². The molecule has 0 aromatic heterocycles. The maximum atomic E-state index is 13.6. The molecule has 0 aliphatic carbocycles. The Morgan fingerprint density at radius 2 is 1.95 bits per heavy atom. The topological polar surface area (TPSA) is 123 Å². The second-order valence-electron chi connectivity index (χ2n) is 9.98. The van der Waals surface area contributed by atoms with Crippen LogP contribution in [0, 0.1) is 5.41 Å². The van der Waals surface area contributed by atoms with Gasteiger partial charge in [-0.1, -0.05) is 29.8 Å². The minimum atomic E-state index is -4.52. The van der Waals surface area contributed by atoms with Gasteiger partial charge in [0.2, 0.25) is 0 Å². The number of nitrogens with zero attached hydrogens (tertiary/aromatic N) is 2. The van der Waals surface area contributed by atoms with E-state index in [1.165, 1.54) is 17.9 Å². The maximum absolute atomic E-state index is 13.6. The number of alkyl halides is 3. The van der Waals surface area contributed by atoms with Crippen molar-refractivity contribution in [1.29, 1.82) is 5.41 Å². The van der Waals surface area contributed by atoms with Crippen LogP contribution in [0.1, 0.15) is 49.4 Å². The largest absolute Gasteiger partial charge is 0.493 e. The summed E-state index contributed by atoms with van der Waals surface area (Å²) in [7, 11) is 0. The number of amidine groups is 1. The van der Waals surface area contributed by atoms with Gasteiger partial charge in [0.25, 0.3) is 0 Å². The monoisotopic (exact) mass is 582 g/mol. The Balaban J connectivity index is 1.55. The quantitative estimate of drug-likeness (QED) is 0.206. The molecule has 2 aliphatic rings. The molecule has 0 radical (unpaired) electrons. The number of urea groups is 1. The normalized spacial score (nSPS) is 21.2. The smallest absolute Gasteiger partial charge is 0.416 e. The van der Waals surface area contributed by atoms with Crippen molar-refractivity contribution < 1.29 is 38.0 Å². The van der Waals surface area contributed by atoms with Crippen LogP contribution in [0.2, 0.25) is 5.02 Å². The third kappa shape index (κ3) is 6.79.